The van der Waals surface area contributed by atoms with Crippen LogP contribution in [-0.2, 0) is 5.60 Å². The minimum atomic E-state index is -0.809. The molecule has 0 aliphatic heterocycles. The Kier molecular flexibility index (Phi) is 4.23. The van der Waals surface area contributed by atoms with Gasteiger partial charge in [-0.1, -0.05) is 19.8 Å². The van der Waals surface area contributed by atoms with E-state index in [1.807, 2.05) is 12.1 Å². The second-order valence-electron chi connectivity index (χ2n) is 5.29. The molecule has 0 bridgehead atoms. The molecule has 1 N–H and O–H groups in total. The molecule has 2 rings (SSSR count). The summed E-state index contributed by atoms with van der Waals surface area (Å²) in [6.45, 7) is 2.23. The van der Waals surface area contributed by atoms with Crippen LogP contribution in [0.15, 0.2) is 18.3 Å². The van der Waals surface area contributed by atoms with Crippen molar-refractivity contribution in [1.29, 1.82) is 0 Å². The molecule has 1 fully saturated rings. The summed E-state index contributed by atoms with van der Waals surface area (Å²) in [5, 5.41) is 10.9. The highest BCUT2D eigenvalue weighted by atomic mass is 16.5. The van der Waals surface area contributed by atoms with Gasteiger partial charge in [0.25, 0.3) is 0 Å². The van der Waals surface area contributed by atoms with Gasteiger partial charge in [-0.3, -0.25) is 4.98 Å². The van der Waals surface area contributed by atoms with Gasteiger partial charge in [-0.2, -0.15) is 0 Å². The summed E-state index contributed by atoms with van der Waals surface area (Å²) in [5.74, 6) is 1.45. The van der Waals surface area contributed by atoms with Gasteiger partial charge in [0.1, 0.15) is 17.0 Å². The molecule has 0 radical (unpaired) electrons. The van der Waals surface area contributed by atoms with E-state index in [9.17, 15) is 5.11 Å². The monoisotopic (exact) mass is 249 g/mol. The van der Waals surface area contributed by atoms with Gasteiger partial charge in [0.05, 0.1) is 7.11 Å². The van der Waals surface area contributed by atoms with Gasteiger partial charge in [-0.15, -0.1) is 0 Å². The first-order valence-electron chi connectivity index (χ1n) is 6.91. The number of ether oxygens (including phenoxy) is 1. The number of methoxy groups -OCH3 is 1. The highest BCUT2D eigenvalue weighted by Crippen LogP contribution is 2.40. The smallest absolute Gasteiger partial charge is 0.143 e. The van der Waals surface area contributed by atoms with Gasteiger partial charge in [0.15, 0.2) is 0 Å². The van der Waals surface area contributed by atoms with Crippen LogP contribution < -0.4 is 4.74 Å². The third-order valence-corrected chi connectivity index (χ3v) is 4.18. The molecule has 1 saturated carbocycles. The van der Waals surface area contributed by atoms with Gasteiger partial charge in [-0.05, 0) is 43.7 Å². The van der Waals surface area contributed by atoms with E-state index in [1.54, 1.807) is 13.3 Å². The summed E-state index contributed by atoms with van der Waals surface area (Å²) >= 11 is 0. The average Bonchev–Trinajstić information content (AvgIpc) is 2.61. The largest absolute Gasteiger partial charge is 0.495 e. The van der Waals surface area contributed by atoms with Gasteiger partial charge >= 0.3 is 0 Å². The lowest BCUT2D eigenvalue weighted by molar-refractivity contribution is 0.0130. The van der Waals surface area contributed by atoms with E-state index in [0.29, 0.717) is 11.4 Å². The van der Waals surface area contributed by atoms with Crippen molar-refractivity contribution in [2.24, 2.45) is 5.92 Å². The van der Waals surface area contributed by atoms with E-state index in [2.05, 4.69) is 11.9 Å². The van der Waals surface area contributed by atoms with Crippen LogP contribution in [0.2, 0.25) is 0 Å². The zero-order chi connectivity index (χ0) is 13.0. The Morgan fingerprint density at radius 3 is 3.00 bits per heavy atom. The Morgan fingerprint density at radius 1 is 1.44 bits per heavy atom. The van der Waals surface area contributed by atoms with Crippen molar-refractivity contribution in [3.05, 3.63) is 24.0 Å². The maximum atomic E-state index is 10.9. The van der Waals surface area contributed by atoms with Gasteiger partial charge in [0.2, 0.25) is 0 Å². The first kappa shape index (κ1) is 13.3. The standard InChI is InChI=1S/C15H23NO2/c1-3-12-6-4-9-15(17,10-8-12)14-13(18-2)7-5-11-16-14/h5,7,11-12,17H,3-4,6,8-10H2,1-2H3. The Morgan fingerprint density at radius 2 is 2.28 bits per heavy atom. The molecular formula is C15H23NO2. The number of aliphatic hydroxyl groups is 1. The number of hydrogen-bond acceptors (Lipinski definition) is 3. The highest BCUT2D eigenvalue weighted by Gasteiger charge is 2.35. The topological polar surface area (TPSA) is 42.4 Å². The Balaban J connectivity index is 2.24. The predicted molar refractivity (Wildman–Crippen MR) is 71.6 cm³/mol. The van der Waals surface area contributed by atoms with E-state index in [-0.39, 0.29) is 0 Å². The lowest BCUT2D eigenvalue weighted by Gasteiger charge is -2.27. The van der Waals surface area contributed by atoms with E-state index < -0.39 is 5.60 Å². The van der Waals surface area contributed by atoms with Crippen LogP contribution in [-0.4, -0.2) is 17.2 Å². The Labute approximate surface area is 109 Å². The molecule has 1 aliphatic carbocycles. The first-order valence-corrected chi connectivity index (χ1v) is 6.91. The minimum Gasteiger partial charge on any atom is -0.495 e. The Hall–Kier alpha value is -1.09. The van der Waals surface area contributed by atoms with Crippen LogP contribution in [0, 0.1) is 5.92 Å². The SMILES string of the molecule is CCC1CCCC(O)(c2ncccc2OC)CC1. The second kappa shape index (κ2) is 5.70. The van der Waals surface area contributed by atoms with Gasteiger partial charge in [0, 0.05) is 6.20 Å². The molecule has 3 nitrogen and oxygen atoms in total. The van der Waals surface area contributed by atoms with Crippen molar-refractivity contribution >= 4 is 0 Å². The van der Waals surface area contributed by atoms with Crippen molar-refractivity contribution in [2.75, 3.05) is 7.11 Å². The van der Waals surface area contributed by atoms with Crippen LogP contribution in [0.3, 0.4) is 0 Å². The molecule has 0 spiro atoms. The molecule has 0 saturated heterocycles. The zero-order valence-electron chi connectivity index (χ0n) is 11.4. The fraction of sp³-hybridized carbons (Fsp3) is 0.667. The number of hydrogen-bond donors (Lipinski definition) is 1. The predicted octanol–water partition coefficient (Wildman–Crippen LogP) is 3.27. The van der Waals surface area contributed by atoms with Crippen LogP contribution in [0.4, 0.5) is 0 Å². The molecule has 0 amide bonds. The Bertz CT molecular complexity index is 394. The van der Waals surface area contributed by atoms with Crippen LogP contribution in [0.5, 0.6) is 5.75 Å². The summed E-state index contributed by atoms with van der Waals surface area (Å²) in [4.78, 5) is 4.36. The molecule has 1 aromatic heterocycles. The molecule has 1 aromatic rings. The van der Waals surface area contributed by atoms with Crippen molar-refractivity contribution in [3.63, 3.8) is 0 Å². The maximum absolute atomic E-state index is 10.9. The highest BCUT2D eigenvalue weighted by molar-refractivity contribution is 5.31. The van der Waals surface area contributed by atoms with E-state index >= 15 is 0 Å². The molecule has 3 heteroatoms. The van der Waals surface area contributed by atoms with Crippen molar-refractivity contribution in [3.8, 4) is 5.75 Å². The lowest BCUT2D eigenvalue weighted by Crippen LogP contribution is -2.27. The van der Waals surface area contributed by atoms with Crippen LogP contribution >= 0.6 is 0 Å². The van der Waals surface area contributed by atoms with Gasteiger partial charge in [-0.25, -0.2) is 0 Å². The molecule has 1 aliphatic rings. The molecule has 1 heterocycles. The van der Waals surface area contributed by atoms with Crippen LogP contribution in [0.1, 0.15) is 51.1 Å². The number of nitrogens with zero attached hydrogens (tertiary/aromatic N) is 1. The summed E-state index contributed by atoms with van der Waals surface area (Å²) in [7, 11) is 1.63. The molecule has 2 atom stereocenters. The molecule has 100 valence electrons. The average molecular weight is 249 g/mol. The maximum Gasteiger partial charge on any atom is 0.143 e. The van der Waals surface area contributed by atoms with E-state index in [1.165, 1.54) is 12.8 Å². The fourth-order valence-corrected chi connectivity index (χ4v) is 2.95. The molecule has 0 aromatic carbocycles. The third-order valence-electron chi connectivity index (χ3n) is 4.18. The van der Waals surface area contributed by atoms with E-state index in [0.717, 1.165) is 31.6 Å². The fourth-order valence-electron chi connectivity index (χ4n) is 2.95. The summed E-state index contributed by atoms with van der Waals surface area (Å²) in [6, 6.07) is 3.72. The molecule has 2 unspecified atom stereocenters. The van der Waals surface area contributed by atoms with Crippen molar-refractivity contribution in [2.45, 2.75) is 51.0 Å². The quantitative estimate of drug-likeness (QED) is 0.836. The van der Waals surface area contributed by atoms with E-state index in [4.69, 9.17) is 4.74 Å². The van der Waals surface area contributed by atoms with Gasteiger partial charge < -0.3 is 9.84 Å². The molecular weight excluding hydrogens is 226 g/mol. The third kappa shape index (κ3) is 2.66. The molecule has 18 heavy (non-hydrogen) atoms. The summed E-state index contributed by atoms with van der Waals surface area (Å²) < 4.78 is 5.34. The summed E-state index contributed by atoms with van der Waals surface area (Å²) in [6.07, 6.45) is 7.87. The number of pyridine rings is 1. The minimum absolute atomic E-state index is 0.704. The van der Waals surface area contributed by atoms with Crippen molar-refractivity contribution in [1.82, 2.24) is 4.98 Å². The number of aromatic nitrogens is 1. The first-order chi connectivity index (χ1) is 8.69. The normalized spacial score (nSPS) is 28.7. The number of rotatable bonds is 3. The lowest BCUT2D eigenvalue weighted by atomic mass is 9.89. The summed E-state index contributed by atoms with van der Waals surface area (Å²) in [5.41, 5.74) is -0.0967. The van der Waals surface area contributed by atoms with Crippen LogP contribution in [0.25, 0.3) is 0 Å². The van der Waals surface area contributed by atoms with Crippen molar-refractivity contribution < 1.29 is 9.84 Å². The second-order valence-corrected chi connectivity index (χ2v) is 5.29. The zero-order valence-corrected chi connectivity index (χ0v) is 11.4.